The number of pyridine rings is 1. The van der Waals surface area contributed by atoms with Gasteiger partial charge in [0.15, 0.2) is 0 Å². The van der Waals surface area contributed by atoms with Crippen molar-refractivity contribution in [2.45, 2.75) is 0 Å². The third-order valence-corrected chi connectivity index (χ3v) is 3.91. The summed E-state index contributed by atoms with van der Waals surface area (Å²) in [6.07, 6.45) is 0.963. The number of rotatable bonds is 7. The summed E-state index contributed by atoms with van der Waals surface area (Å²) in [7, 11) is -0.655. The summed E-state index contributed by atoms with van der Waals surface area (Å²) in [6.45, 7) is -0.170. The fourth-order valence-corrected chi connectivity index (χ4v) is 1.98. The van der Waals surface area contributed by atoms with Gasteiger partial charge >= 0.3 is 0 Å². The molecule has 0 spiro atoms. The summed E-state index contributed by atoms with van der Waals surface area (Å²) < 4.78 is 24.5. The van der Waals surface area contributed by atoms with Crippen molar-refractivity contribution in [2.24, 2.45) is 0 Å². The topological polar surface area (TPSA) is 143 Å². The number of nitrogens with zero attached hydrogens (tertiary/aromatic N) is 2. The molecule has 3 N–H and O–H groups in total. The molecule has 116 valence electrons. The van der Waals surface area contributed by atoms with Crippen LogP contribution >= 0.6 is 0 Å². The highest BCUT2D eigenvalue weighted by atomic mass is 32.2. The van der Waals surface area contributed by atoms with Crippen molar-refractivity contribution >= 4 is 27.4 Å². The lowest BCUT2D eigenvalue weighted by molar-refractivity contribution is -0.385. The first-order valence-electron chi connectivity index (χ1n) is 5.82. The van der Waals surface area contributed by atoms with Crippen LogP contribution in [-0.2, 0) is 10.0 Å². The molecule has 1 rings (SSSR count). The minimum Gasteiger partial charge on any atom is -0.373 e. The number of aromatic nitrogens is 1. The quantitative estimate of drug-likeness (QED) is 0.446. The van der Waals surface area contributed by atoms with Crippen molar-refractivity contribution in [2.75, 3.05) is 31.7 Å². The summed E-state index contributed by atoms with van der Waals surface area (Å²) in [4.78, 5) is 25.8. The van der Waals surface area contributed by atoms with Crippen LogP contribution in [0.1, 0.15) is 10.4 Å². The predicted octanol–water partition coefficient (Wildman–Crippen LogP) is -0.689. The Kier molecular flexibility index (Phi) is 5.55. The summed E-state index contributed by atoms with van der Waals surface area (Å²) in [5.74, 6) is -0.784. The zero-order valence-corrected chi connectivity index (χ0v) is 12.2. The summed E-state index contributed by atoms with van der Waals surface area (Å²) in [5.41, 5.74) is -0.649. The van der Waals surface area contributed by atoms with Crippen molar-refractivity contribution in [3.8, 4) is 0 Å². The van der Waals surface area contributed by atoms with Gasteiger partial charge in [0.1, 0.15) is 17.6 Å². The fourth-order valence-electron chi connectivity index (χ4n) is 1.41. The highest BCUT2D eigenvalue weighted by Crippen LogP contribution is 2.19. The maximum Gasteiger partial charge on any atom is 0.300 e. The highest BCUT2D eigenvalue weighted by molar-refractivity contribution is 7.89. The molecule has 0 unspecified atom stereocenters. The molecule has 1 aromatic rings. The number of hydrogen-bond donors (Lipinski definition) is 3. The molecule has 0 radical (unpaired) electrons. The Balaban J connectivity index is 2.88. The van der Waals surface area contributed by atoms with Gasteiger partial charge in [-0.3, -0.25) is 14.9 Å². The van der Waals surface area contributed by atoms with Crippen molar-refractivity contribution < 1.29 is 18.1 Å². The van der Waals surface area contributed by atoms with Gasteiger partial charge < -0.3 is 10.6 Å². The Morgan fingerprint density at radius 1 is 1.43 bits per heavy atom. The van der Waals surface area contributed by atoms with E-state index >= 15 is 0 Å². The first kappa shape index (κ1) is 16.8. The van der Waals surface area contributed by atoms with E-state index in [1.165, 1.54) is 13.1 Å². The van der Waals surface area contributed by atoms with Gasteiger partial charge in [-0.25, -0.2) is 18.1 Å². The number of anilines is 1. The van der Waals surface area contributed by atoms with Gasteiger partial charge in [-0.15, -0.1) is 0 Å². The molecule has 0 aliphatic carbocycles. The van der Waals surface area contributed by atoms with Crippen LogP contribution in [0.4, 0.5) is 11.5 Å². The fraction of sp³-hybridized carbons (Fsp3) is 0.400. The molecule has 0 saturated heterocycles. The normalized spacial score (nSPS) is 11.0. The zero-order valence-electron chi connectivity index (χ0n) is 11.4. The largest absolute Gasteiger partial charge is 0.373 e. The van der Waals surface area contributed by atoms with Crippen LogP contribution in [0.3, 0.4) is 0 Å². The van der Waals surface area contributed by atoms with E-state index < -0.39 is 26.5 Å². The summed E-state index contributed by atoms with van der Waals surface area (Å²) >= 11 is 0. The summed E-state index contributed by atoms with van der Waals surface area (Å²) in [6, 6.07) is 1.22. The Morgan fingerprint density at radius 3 is 2.62 bits per heavy atom. The average Bonchev–Trinajstić information content (AvgIpc) is 2.46. The molecule has 0 aromatic carbocycles. The minimum atomic E-state index is -3.46. The van der Waals surface area contributed by atoms with Crippen LogP contribution in [0.2, 0.25) is 0 Å². The van der Waals surface area contributed by atoms with Crippen molar-refractivity contribution in [3.05, 3.63) is 27.9 Å². The molecular weight excluding hydrogens is 302 g/mol. The number of hydrogen-bond acceptors (Lipinski definition) is 7. The third-order valence-electron chi connectivity index (χ3n) is 2.55. The van der Waals surface area contributed by atoms with E-state index in [-0.39, 0.29) is 23.7 Å². The van der Waals surface area contributed by atoms with E-state index in [1.54, 1.807) is 7.05 Å². The van der Waals surface area contributed by atoms with Gasteiger partial charge in [-0.2, -0.15) is 0 Å². The van der Waals surface area contributed by atoms with Crippen LogP contribution < -0.4 is 15.4 Å². The van der Waals surface area contributed by atoms with E-state index in [0.29, 0.717) is 0 Å². The second-order valence-corrected chi connectivity index (χ2v) is 5.92. The number of carbonyl (C=O) groups excluding carboxylic acids is 1. The zero-order chi connectivity index (χ0) is 16.0. The van der Waals surface area contributed by atoms with Crippen molar-refractivity contribution in [3.63, 3.8) is 0 Å². The van der Waals surface area contributed by atoms with Crippen LogP contribution in [0, 0.1) is 10.1 Å². The van der Waals surface area contributed by atoms with Crippen LogP contribution in [0.15, 0.2) is 12.3 Å². The molecule has 21 heavy (non-hydrogen) atoms. The second kappa shape index (κ2) is 6.95. The van der Waals surface area contributed by atoms with E-state index in [9.17, 15) is 23.3 Å². The average molecular weight is 317 g/mol. The molecule has 0 aliphatic rings. The monoisotopic (exact) mass is 317 g/mol. The Morgan fingerprint density at radius 2 is 2.10 bits per heavy atom. The minimum absolute atomic E-state index is 0.170. The SMILES string of the molecule is CNc1cc(C(=O)NCCS(=O)(=O)NC)c([N+](=O)[O-])cn1. The van der Waals surface area contributed by atoms with E-state index in [1.807, 2.05) is 0 Å². The molecule has 0 bridgehead atoms. The molecule has 1 heterocycles. The van der Waals surface area contributed by atoms with Crippen molar-refractivity contribution in [1.82, 2.24) is 15.0 Å². The predicted molar refractivity (Wildman–Crippen MR) is 75.6 cm³/mol. The molecule has 1 aromatic heterocycles. The van der Waals surface area contributed by atoms with Gasteiger partial charge in [-0.1, -0.05) is 0 Å². The van der Waals surface area contributed by atoms with E-state index in [2.05, 4.69) is 20.3 Å². The number of nitrogens with one attached hydrogen (secondary N) is 3. The van der Waals surface area contributed by atoms with Crippen molar-refractivity contribution in [1.29, 1.82) is 0 Å². The first-order chi connectivity index (χ1) is 9.80. The molecular formula is C10H15N5O5S. The van der Waals surface area contributed by atoms with Crippen LogP contribution in [-0.4, -0.2) is 50.6 Å². The molecule has 0 atom stereocenters. The van der Waals surface area contributed by atoms with Crippen LogP contribution in [0.5, 0.6) is 0 Å². The molecule has 0 saturated carbocycles. The van der Waals surface area contributed by atoms with E-state index in [0.717, 1.165) is 6.20 Å². The molecule has 10 nitrogen and oxygen atoms in total. The first-order valence-corrected chi connectivity index (χ1v) is 7.47. The smallest absolute Gasteiger partial charge is 0.300 e. The van der Waals surface area contributed by atoms with Gasteiger partial charge in [0.25, 0.3) is 11.6 Å². The molecule has 0 fully saturated rings. The lowest BCUT2D eigenvalue weighted by atomic mass is 10.2. The van der Waals surface area contributed by atoms with Gasteiger partial charge in [0, 0.05) is 19.7 Å². The summed E-state index contributed by atoms with van der Waals surface area (Å²) in [5, 5.41) is 15.8. The molecule has 11 heteroatoms. The Bertz CT molecular complexity index is 645. The highest BCUT2D eigenvalue weighted by Gasteiger charge is 2.21. The lowest BCUT2D eigenvalue weighted by Gasteiger charge is -2.07. The maximum atomic E-state index is 11.9. The molecule has 1 amide bonds. The van der Waals surface area contributed by atoms with Crippen LogP contribution in [0.25, 0.3) is 0 Å². The van der Waals surface area contributed by atoms with Gasteiger partial charge in [-0.05, 0) is 7.05 Å². The second-order valence-electron chi connectivity index (χ2n) is 3.87. The Labute approximate surface area is 121 Å². The Hall–Kier alpha value is -2.27. The third kappa shape index (κ3) is 4.65. The standard InChI is InChI=1S/C10H15N5O5S/c1-11-9-5-7(8(6-14-9)15(17)18)10(16)13-3-4-21(19,20)12-2/h5-6,12H,3-4H2,1-2H3,(H,11,14)(H,13,16). The lowest BCUT2D eigenvalue weighted by Crippen LogP contribution is -2.33. The maximum absolute atomic E-state index is 11.9. The molecule has 0 aliphatic heterocycles. The number of nitro groups is 1. The number of amides is 1. The van der Waals surface area contributed by atoms with Gasteiger partial charge in [0.2, 0.25) is 10.0 Å². The number of carbonyl (C=O) groups is 1. The van der Waals surface area contributed by atoms with E-state index in [4.69, 9.17) is 0 Å². The van der Waals surface area contributed by atoms with Gasteiger partial charge in [0.05, 0.1) is 10.7 Å². The number of sulfonamides is 1.